The molecule has 0 aliphatic rings. The van der Waals surface area contributed by atoms with Crippen LogP contribution < -0.4 is 10.6 Å². The Balaban J connectivity index is 2.29. The minimum atomic E-state index is -1.08. The number of rotatable bonds is 4. The highest BCUT2D eigenvalue weighted by Gasteiger charge is 2.19. The molecule has 0 aliphatic carbocycles. The monoisotopic (exact) mass is 291 g/mol. The third-order valence-corrected chi connectivity index (χ3v) is 4.03. The van der Waals surface area contributed by atoms with Crippen LogP contribution in [-0.2, 0) is 4.79 Å². The SMILES string of the molecule is Cc1ccc(N(C)c2nc(C(N)C(=O)O)cs2)c(C)c1. The van der Waals surface area contributed by atoms with E-state index in [4.69, 9.17) is 10.8 Å². The Morgan fingerprint density at radius 3 is 2.75 bits per heavy atom. The summed E-state index contributed by atoms with van der Waals surface area (Å²) in [6.07, 6.45) is 0. The molecule has 0 saturated heterocycles. The Morgan fingerprint density at radius 1 is 1.45 bits per heavy atom. The van der Waals surface area contributed by atoms with E-state index in [0.717, 1.165) is 16.4 Å². The van der Waals surface area contributed by atoms with Gasteiger partial charge in [0.2, 0.25) is 0 Å². The number of carbonyl (C=O) groups is 1. The largest absolute Gasteiger partial charge is 0.480 e. The smallest absolute Gasteiger partial charge is 0.326 e. The van der Waals surface area contributed by atoms with Crippen LogP contribution in [0.5, 0.6) is 0 Å². The Kier molecular flexibility index (Phi) is 4.06. The number of hydrogen-bond donors (Lipinski definition) is 2. The summed E-state index contributed by atoms with van der Waals surface area (Å²) in [5.41, 5.74) is 9.34. The molecule has 106 valence electrons. The second kappa shape index (κ2) is 5.60. The molecule has 5 nitrogen and oxygen atoms in total. The molecule has 0 radical (unpaired) electrons. The fraction of sp³-hybridized carbons (Fsp3) is 0.286. The Hall–Kier alpha value is -1.92. The van der Waals surface area contributed by atoms with E-state index in [1.807, 2.05) is 37.9 Å². The first-order valence-corrected chi connectivity index (χ1v) is 7.03. The zero-order valence-electron chi connectivity index (χ0n) is 11.6. The highest BCUT2D eigenvalue weighted by molar-refractivity contribution is 7.13. The second-order valence-electron chi connectivity index (χ2n) is 4.72. The van der Waals surface area contributed by atoms with E-state index in [-0.39, 0.29) is 0 Å². The summed E-state index contributed by atoms with van der Waals surface area (Å²) in [5, 5.41) is 11.3. The molecular weight excluding hydrogens is 274 g/mol. The lowest BCUT2D eigenvalue weighted by atomic mass is 10.1. The molecule has 3 N–H and O–H groups in total. The van der Waals surface area contributed by atoms with Crippen LogP contribution in [0.4, 0.5) is 10.8 Å². The molecule has 2 rings (SSSR count). The van der Waals surface area contributed by atoms with E-state index in [9.17, 15) is 4.79 Å². The number of aryl methyl sites for hydroxylation is 2. The number of carboxylic acids is 1. The van der Waals surface area contributed by atoms with Gasteiger partial charge in [0, 0.05) is 18.1 Å². The average Bonchev–Trinajstić information content (AvgIpc) is 2.86. The van der Waals surface area contributed by atoms with E-state index in [1.54, 1.807) is 5.38 Å². The van der Waals surface area contributed by atoms with Crippen LogP contribution in [-0.4, -0.2) is 23.1 Å². The quantitative estimate of drug-likeness (QED) is 0.905. The summed E-state index contributed by atoms with van der Waals surface area (Å²) in [7, 11) is 1.91. The van der Waals surface area contributed by atoms with Crippen molar-refractivity contribution >= 4 is 28.1 Å². The molecule has 0 saturated carbocycles. The molecule has 1 unspecified atom stereocenters. The first-order chi connectivity index (χ1) is 9.40. The number of carboxylic acid groups (broad SMARTS) is 1. The third-order valence-electron chi connectivity index (χ3n) is 3.10. The molecule has 20 heavy (non-hydrogen) atoms. The molecule has 1 aromatic carbocycles. The van der Waals surface area contributed by atoms with Crippen molar-refractivity contribution in [3.8, 4) is 0 Å². The lowest BCUT2D eigenvalue weighted by Crippen LogP contribution is -2.21. The van der Waals surface area contributed by atoms with E-state index in [2.05, 4.69) is 11.1 Å². The van der Waals surface area contributed by atoms with Crippen molar-refractivity contribution in [1.29, 1.82) is 0 Å². The van der Waals surface area contributed by atoms with Crippen molar-refractivity contribution in [2.75, 3.05) is 11.9 Å². The molecule has 2 aromatic rings. The molecule has 0 fully saturated rings. The highest BCUT2D eigenvalue weighted by atomic mass is 32.1. The van der Waals surface area contributed by atoms with Crippen LogP contribution >= 0.6 is 11.3 Å². The van der Waals surface area contributed by atoms with Crippen molar-refractivity contribution < 1.29 is 9.90 Å². The van der Waals surface area contributed by atoms with Gasteiger partial charge in [-0.25, -0.2) is 4.98 Å². The molecule has 1 aromatic heterocycles. The summed E-state index contributed by atoms with van der Waals surface area (Å²) < 4.78 is 0. The molecule has 6 heteroatoms. The van der Waals surface area contributed by atoms with Crippen molar-refractivity contribution in [2.45, 2.75) is 19.9 Å². The Bertz CT molecular complexity index is 639. The van der Waals surface area contributed by atoms with Crippen LogP contribution in [0, 0.1) is 13.8 Å². The van der Waals surface area contributed by atoms with Gasteiger partial charge in [-0.05, 0) is 25.5 Å². The van der Waals surface area contributed by atoms with Gasteiger partial charge in [0.05, 0.1) is 5.69 Å². The Labute approximate surface area is 121 Å². The van der Waals surface area contributed by atoms with Crippen LogP contribution in [0.2, 0.25) is 0 Å². The van der Waals surface area contributed by atoms with Crippen molar-refractivity contribution in [1.82, 2.24) is 4.98 Å². The van der Waals surface area contributed by atoms with Crippen LogP contribution in [0.15, 0.2) is 23.6 Å². The van der Waals surface area contributed by atoms with Gasteiger partial charge in [-0.1, -0.05) is 17.7 Å². The second-order valence-corrected chi connectivity index (χ2v) is 5.56. The molecule has 1 atom stereocenters. The van der Waals surface area contributed by atoms with Crippen molar-refractivity contribution in [3.63, 3.8) is 0 Å². The molecule has 0 spiro atoms. The lowest BCUT2D eigenvalue weighted by molar-refractivity contribution is -0.138. The van der Waals surface area contributed by atoms with E-state index in [0.29, 0.717) is 5.69 Å². The molecule has 0 amide bonds. The molecule has 1 heterocycles. The third kappa shape index (κ3) is 2.81. The number of thiazole rings is 1. The summed E-state index contributed by atoms with van der Waals surface area (Å²) in [6.45, 7) is 4.08. The number of aromatic nitrogens is 1. The number of aliphatic carboxylic acids is 1. The van der Waals surface area contributed by atoms with Gasteiger partial charge in [-0.15, -0.1) is 11.3 Å². The van der Waals surface area contributed by atoms with Gasteiger partial charge in [0.15, 0.2) is 5.13 Å². The fourth-order valence-corrected chi connectivity index (χ4v) is 2.82. The van der Waals surface area contributed by atoms with E-state index < -0.39 is 12.0 Å². The van der Waals surface area contributed by atoms with Crippen LogP contribution in [0.25, 0.3) is 0 Å². The highest BCUT2D eigenvalue weighted by Crippen LogP contribution is 2.30. The number of hydrogen-bond acceptors (Lipinski definition) is 5. The molecular formula is C14H17N3O2S. The standard InChI is InChI=1S/C14H17N3O2S/c1-8-4-5-11(9(2)6-8)17(3)14-16-10(7-20-14)12(15)13(18)19/h4-7,12H,15H2,1-3H3,(H,18,19). The number of anilines is 2. The lowest BCUT2D eigenvalue weighted by Gasteiger charge is -2.18. The molecule has 0 aliphatic heterocycles. The van der Waals surface area contributed by atoms with Gasteiger partial charge in [-0.3, -0.25) is 4.79 Å². The topological polar surface area (TPSA) is 79.5 Å². The van der Waals surface area contributed by atoms with Crippen LogP contribution in [0.3, 0.4) is 0 Å². The first-order valence-electron chi connectivity index (χ1n) is 6.15. The van der Waals surface area contributed by atoms with Crippen molar-refractivity contribution in [3.05, 3.63) is 40.4 Å². The Morgan fingerprint density at radius 2 is 2.15 bits per heavy atom. The maximum atomic E-state index is 10.9. The maximum Gasteiger partial charge on any atom is 0.326 e. The van der Waals surface area contributed by atoms with Gasteiger partial charge < -0.3 is 15.7 Å². The number of nitrogens with zero attached hydrogens (tertiary/aromatic N) is 2. The number of benzene rings is 1. The van der Waals surface area contributed by atoms with Gasteiger partial charge >= 0.3 is 5.97 Å². The summed E-state index contributed by atoms with van der Waals surface area (Å²) in [5.74, 6) is -1.07. The first kappa shape index (κ1) is 14.5. The van der Waals surface area contributed by atoms with Gasteiger partial charge in [-0.2, -0.15) is 0 Å². The zero-order chi connectivity index (χ0) is 14.9. The van der Waals surface area contributed by atoms with Gasteiger partial charge in [0.1, 0.15) is 6.04 Å². The normalized spacial score (nSPS) is 12.2. The van der Waals surface area contributed by atoms with Crippen molar-refractivity contribution in [2.24, 2.45) is 5.73 Å². The molecule has 0 bridgehead atoms. The average molecular weight is 291 g/mol. The minimum absolute atomic E-state index is 0.383. The fourth-order valence-electron chi connectivity index (χ4n) is 1.98. The summed E-state index contributed by atoms with van der Waals surface area (Å²) in [4.78, 5) is 17.1. The van der Waals surface area contributed by atoms with E-state index in [1.165, 1.54) is 16.9 Å². The van der Waals surface area contributed by atoms with Gasteiger partial charge in [0.25, 0.3) is 0 Å². The number of nitrogens with two attached hydrogens (primary N) is 1. The minimum Gasteiger partial charge on any atom is -0.480 e. The summed E-state index contributed by atoms with van der Waals surface area (Å²) >= 11 is 1.38. The van der Waals surface area contributed by atoms with Crippen LogP contribution in [0.1, 0.15) is 22.9 Å². The maximum absolute atomic E-state index is 10.9. The summed E-state index contributed by atoms with van der Waals surface area (Å²) in [6, 6.07) is 5.09. The predicted octanol–water partition coefficient (Wildman–Crippen LogP) is 2.61. The zero-order valence-corrected chi connectivity index (χ0v) is 12.4. The predicted molar refractivity (Wildman–Crippen MR) is 80.7 cm³/mol. The van der Waals surface area contributed by atoms with E-state index >= 15 is 0 Å².